The first-order valence-electron chi connectivity index (χ1n) is 9.44. The van der Waals surface area contributed by atoms with Gasteiger partial charge in [-0.15, -0.1) is 0 Å². The molecule has 1 saturated heterocycles. The van der Waals surface area contributed by atoms with Crippen LogP contribution in [0, 0.1) is 5.92 Å². The first-order valence-corrected chi connectivity index (χ1v) is 9.44. The van der Waals surface area contributed by atoms with Crippen LogP contribution in [0.5, 0.6) is 11.5 Å². The van der Waals surface area contributed by atoms with Crippen LogP contribution in [0.3, 0.4) is 0 Å². The number of piperidine rings is 1. The van der Waals surface area contributed by atoms with Crippen LogP contribution in [0.4, 0.5) is 5.69 Å². The van der Waals surface area contributed by atoms with Gasteiger partial charge >= 0.3 is 0 Å². The van der Waals surface area contributed by atoms with Crippen molar-refractivity contribution in [2.24, 2.45) is 5.92 Å². The topological polar surface area (TPSA) is 67.9 Å². The van der Waals surface area contributed by atoms with Crippen LogP contribution in [-0.4, -0.2) is 44.0 Å². The highest BCUT2D eigenvalue weighted by molar-refractivity contribution is 6.05. The number of carbonyl (C=O) groups excluding carboxylic acids is 2. The molecule has 6 nitrogen and oxygen atoms in total. The van der Waals surface area contributed by atoms with Gasteiger partial charge in [-0.1, -0.05) is 6.92 Å². The SMILES string of the molecule is COc1ccc(NC(=O)c2ccc(C(=O)N3CCCC(C)C3)cc2)cc1OC. The molecule has 3 rings (SSSR count). The fourth-order valence-electron chi connectivity index (χ4n) is 3.44. The quantitative estimate of drug-likeness (QED) is 0.853. The lowest BCUT2D eigenvalue weighted by Crippen LogP contribution is -2.39. The lowest BCUT2D eigenvalue weighted by Gasteiger charge is -2.31. The first kappa shape index (κ1) is 19.7. The fraction of sp³-hybridized carbons (Fsp3) is 0.364. The Kier molecular flexibility index (Phi) is 6.19. The number of hydrogen-bond acceptors (Lipinski definition) is 4. The van der Waals surface area contributed by atoms with Gasteiger partial charge in [0.2, 0.25) is 0 Å². The molecule has 0 aromatic heterocycles. The number of nitrogens with zero attached hydrogens (tertiary/aromatic N) is 1. The molecule has 0 aliphatic carbocycles. The van der Waals surface area contributed by atoms with E-state index in [4.69, 9.17) is 9.47 Å². The summed E-state index contributed by atoms with van der Waals surface area (Å²) in [5, 5.41) is 2.83. The fourth-order valence-corrected chi connectivity index (χ4v) is 3.44. The van der Waals surface area contributed by atoms with Gasteiger partial charge in [-0.2, -0.15) is 0 Å². The normalized spacial score (nSPS) is 16.4. The van der Waals surface area contributed by atoms with Gasteiger partial charge in [0, 0.05) is 36.0 Å². The van der Waals surface area contributed by atoms with Crippen molar-refractivity contribution in [3.8, 4) is 11.5 Å². The molecule has 0 radical (unpaired) electrons. The Bertz CT molecular complexity index is 848. The van der Waals surface area contributed by atoms with Gasteiger partial charge in [-0.05, 0) is 55.2 Å². The van der Waals surface area contributed by atoms with Gasteiger partial charge in [-0.25, -0.2) is 0 Å². The van der Waals surface area contributed by atoms with E-state index in [-0.39, 0.29) is 11.8 Å². The molecule has 1 fully saturated rings. The Morgan fingerprint density at radius 2 is 1.68 bits per heavy atom. The average molecular weight is 382 g/mol. The summed E-state index contributed by atoms with van der Waals surface area (Å²) in [4.78, 5) is 27.1. The second-order valence-electron chi connectivity index (χ2n) is 7.10. The second-order valence-corrected chi connectivity index (χ2v) is 7.10. The van der Waals surface area contributed by atoms with Crippen LogP contribution in [0.25, 0.3) is 0 Å². The highest BCUT2D eigenvalue weighted by Gasteiger charge is 2.22. The minimum atomic E-state index is -0.252. The van der Waals surface area contributed by atoms with E-state index in [1.165, 1.54) is 6.42 Å². The smallest absolute Gasteiger partial charge is 0.255 e. The van der Waals surface area contributed by atoms with Gasteiger partial charge in [-0.3, -0.25) is 9.59 Å². The summed E-state index contributed by atoms with van der Waals surface area (Å²) in [6.45, 7) is 3.76. The molecule has 2 aromatic carbocycles. The number of benzene rings is 2. The first-order chi connectivity index (χ1) is 13.5. The molecule has 1 heterocycles. The van der Waals surface area contributed by atoms with E-state index in [0.29, 0.717) is 34.2 Å². The van der Waals surface area contributed by atoms with Crippen molar-refractivity contribution in [3.63, 3.8) is 0 Å². The number of amides is 2. The third-order valence-corrected chi connectivity index (χ3v) is 4.98. The molecule has 1 aliphatic rings. The van der Waals surface area contributed by atoms with Crippen LogP contribution in [0.15, 0.2) is 42.5 Å². The van der Waals surface area contributed by atoms with E-state index in [1.54, 1.807) is 56.7 Å². The zero-order valence-electron chi connectivity index (χ0n) is 16.5. The van der Waals surface area contributed by atoms with E-state index in [2.05, 4.69) is 12.2 Å². The van der Waals surface area contributed by atoms with Gasteiger partial charge < -0.3 is 19.7 Å². The zero-order chi connectivity index (χ0) is 20.1. The molecule has 2 aromatic rings. The molecule has 28 heavy (non-hydrogen) atoms. The molecular formula is C22H26N2O4. The van der Waals surface area contributed by atoms with Crippen molar-refractivity contribution >= 4 is 17.5 Å². The van der Waals surface area contributed by atoms with Crippen LogP contribution >= 0.6 is 0 Å². The number of rotatable bonds is 5. The van der Waals surface area contributed by atoms with E-state index >= 15 is 0 Å². The molecule has 148 valence electrons. The van der Waals surface area contributed by atoms with Gasteiger partial charge in [0.25, 0.3) is 11.8 Å². The maximum absolute atomic E-state index is 12.6. The number of anilines is 1. The van der Waals surface area contributed by atoms with Gasteiger partial charge in [0.1, 0.15) is 0 Å². The summed E-state index contributed by atoms with van der Waals surface area (Å²) in [5.41, 5.74) is 1.69. The standard InChI is InChI=1S/C22H26N2O4/c1-15-5-4-12-24(14-15)22(26)17-8-6-16(7-9-17)21(25)23-18-10-11-19(27-2)20(13-18)28-3/h6-11,13,15H,4-5,12,14H2,1-3H3,(H,23,25). The summed E-state index contributed by atoms with van der Waals surface area (Å²) in [6, 6.07) is 12.0. The maximum Gasteiger partial charge on any atom is 0.255 e. The molecule has 6 heteroatoms. The van der Waals surface area contributed by atoms with Crippen molar-refractivity contribution in [1.29, 1.82) is 0 Å². The Balaban J connectivity index is 1.67. The third-order valence-electron chi connectivity index (χ3n) is 4.98. The van der Waals surface area contributed by atoms with Crippen molar-refractivity contribution in [2.45, 2.75) is 19.8 Å². The monoisotopic (exact) mass is 382 g/mol. The van der Waals surface area contributed by atoms with Crippen LogP contribution in [0.2, 0.25) is 0 Å². The van der Waals surface area contributed by atoms with Crippen molar-refractivity contribution in [1.82, 2.24) is 4.90 Å². The summed E-state index contributed by atoms with van der Waals surface area (Å²) in [5.74, 6) is 1.44. The predicted molar refractivity (Wildman–Crippen MR) is 108 cm³/mol. The van der Waals surface area contributed by atoms with Crippen molar-refractivity contribution in [2.75, 3.05) is 32.6 Å². The van der Waals surface area contributed by atoms with Crippen LogP contribution in [-0.2, 0) is 0 Å². The summed E-state index contributed by atoms with van der Waals surface area (Å²) >= 11 is 0. The van der Waals surface area contributed by atoms with Gasteiger partial charge in [0.05, 0.1) is 14.2 Å². The number of nitrogens with one attached hydrogen (secondary N) is 1. The summed E-state index contributed by atoms with van der Waals surface area (Å²) < 4.78 is 10.5. The summed E-state index contributed by atoms with van der Waals surface area (Å²) in [7, 11) is 3.10. The third kappa shape index (κ3) is 4.44. The molecule has 1 N–H and O–H groups in total. The van der Waals surface area contributed by atoms with E-state index in [1.807, 2.05) is 4.90 Å². The highest BCUT2D eigenvalue weighted by Crippen LogP contribution is 2.30. The number of carbonyl (C=O) groups is 2. The van der Waals surface area contributed by atoms with E-state index in [0.717, 1.165) is 19.5 Å². The van der Waals surface area contributed by atoms with Crippen LogP contribution < -0.4 is 14.8 Å². The van der Waals surface area contributed by atoms with E-state index in [9.17, 15) is 9.59 Å². The Labute approximate surface area is 165 Å². The highest BCUT2D eigenvalue weighted by atomic mass is 16.5. The largest absolute Gasteiger partial charge is 0.493 e. The summed E-state index contributed by atoms with van der Waals surface area (Å²) in [6.07, 6.45) is 2.21. The number of methoxy groups -OCH3 is 2. The predicted octanol–water partition coefficient (Wildman–Crippen LogP) is 3.83. The van der Waals surface area contributed by atoms with Crippen molar-refractivity contribution in [3.05, 3.63) is 53.6 Å². The molecule has 2 amide bonds. The lowest BCUT2D eigenvalue weighted by atomic mass is 9.99. The molecular weight excluding hydrogens is 356 g/mol. The Morgan fingerprint density at radius 1 is 1.00 bits per heavy atom. The average Bonchev–Trinajstić information content (AvgIpc) is 2.73. The number of ether oxygens (including phenoxy) is 2. The second kappa shape index (κ2) is 8.78. The minimum Gasteiger partial charge on any atom is -0.493 e. The minimum absolute atomic E-state index is 0.0263. The molecule has 0 bridgehead atoms. The molecule has 0 spiro atoms. The Morgan fingerprint density at radius 3 is 2.32 bits per heavy atom. The lowest BCUT2D eigenvalue weighted by molar-refractivity contribution is 0.0682. The molecule has 1 aliphatic heterocycles. The number of hydrogen-bond donors (Lipinski definition) is 1. The Hall–Kier alpha value is -3.02. The zero-order valence-corrected chi connectivity index (χ0v) is 16.5. The van der Waals surface area contributed by atoms with Crippen LogP contribution in [0.1, 0.15) is 40.5 Å². The van der Waals surface area contributed by atoms with Gasteiger partial charge in [0.15, 0.2) is 11.5 Å². The molecule has 1 unspecified atom stereocenters. The molecule has 0 saturated carbocycles. The number of likely N-dealkylation sites (tertiary alicyclic amines) is 1. The van der Waals surface area contributed by atoms with E-state index < -0.39 is 0 Å². The maximum atomic E-state index is 12.6. The van der Waals surface area contributed by atoms with Crippen molar-refractivity contribution < 1.29 is 19.1 Å². The molecule has 1 atom stereocenters.